The maximum absolute atomic E-state index is 14.9. The van der Waals surface area contributed by atoms with Crippen molar-refractivity contribution in [1.29, 1.82) is 5.41 Å². The van der Waals surface area contributed by atoms with E-state index in [4.69, 9.17) is 5.41 Å². The first-order chi connectivity index (χ1) is 16.0. The van der Waals surface area contributed by atoms with Crippen molar-refractivity contribution in [1.82, 2.24) is 14.9 Å². The van der Waals surface area contributed by atoms with Crippen LogP contribution in [0.3, 0.4) is 0 Å². The zero-order chi connectivity index (χ0) is 23.4. The zero-order valence-electron chi connectivity index (χ0n) is 18.8. The van der Waals surface area contributed by atoms with E-state index in [0.717, 1.165) is 35.0 Å². The number of carbonyl (C=O) groups excluding carboxylic acids is 1. The topological polar surface area (TPSA) is 76.1 Å². The van der Waals surface area contributed by atoms with Gasteiger partial charge in [-0.3, -0.25) is 5.41 Å². The molecule has 0 amide bonds. The molecule has 7 heteroatoms. The van der Waals surface area contributed by atoms with Crippen LogP contribution in [0.15, 0.2) is 60.9 Å². The monoisotopic (exact) mass is 445 g/mol. The van der Waals surface area contributed by atoms with E-state index in [1.165, 1.54) is 11.6 Å². The van der Waals surface area contributed by atoms with Gasteiger partial charge in [0.25, 0.3) is 0 Å². The molecular formula is C26H28FN5O. The number of carbonyl (C=O) groups is 1. The van der Waals surface area contributed by atoms with Gasteiger partial charge in [-0.15, -0.1) is 0 Å². The van der Waals surface area contributed by atoms with Crippen LogP contribution in [0.5, 0.6) is 0 Å². The number of hydrogen-bond donors (Lipinski definition) is 2. The van der Waals surface area contributed by atoms with E-state index in [2.05, 4.69) is 28.4 Å². The summed E-state index contributed by atoms with van der Waals surface area (Å²) < 4.78 is 14.9. The van der Waals surface area contributed by atoms with Gasteiger partial charge < -0.3 is 19.6 Å². The molecule has 2 aromatic carbocycles. The SMILES string of the molecule is C=C(/C=C(/F)C(=N)N1CCN(c2ccc(CC=O)cc2)CC1)c1nc2ccc(CC)cc2[nH]1. The predicted octanol–water partition coefficient (Wildman–Crippen LogP) is 4.53. The standard InChI is InChI=1S/C26H28FN5O/c1-3-19-6-9-23-24(17-19)30-26(29-23)18(2)16-22(27)25(28)32-13-11-31(12-14-32)21-7-4-20(5-8-21)10-15-33/h4-9,15-17,28H,2-3,10-14H2,1H3,(H,29,30)/b22-16+,28-25?. The van der Waals surface area contributed by atoms with Gasteiger partial charge in [0.1, 0.15) is 12.1 Å². The number of rotatable bonds is 7. The fourth-order valence-electron chi connectivity index (χ4n) is 4.00. The van der Waals surface area contributed by atoms with Crippen molar-refractivity contribution < 1.29 is 9.18 Å². The van der Waals surface area contributed by atoms with Gasteiger partial charge in [0.05, 0.1) is 11.0 Å². The van der Waals surface area contributed by atoms with E-state index in [-0.39, 0.29) is 5.84 Å². The number of aromatic nitrogens is 2. The number of fused-ring (bicyclic) bond motifs is 1. The average molecular weight is 446 g/mol. The van der Waals surface area contributed by atoms with Gasteiger partial charge in [0.15, 0.2) is 11.7 Å². The van der Waals surface area contributed by atoms with Gasteiger partial charge in [-0.05, 0) is 47.9 Å². The molecule has 1 aliphatic rings. The van der Waals surface area contributed by atoms with Gasteiger partial charge >= 0.3 is 0 Å². The molecule has 1 saturated heterocycles. The second-order valence-corrected chi connectivity index (χ2v) is 8.17. The van der Waals surface area contributed by atoms with E-state index in [0.29, 0.717) is 44.0 Å². The van der Waals surface area contributed by atoms with Crippen molar-refractivity contribution in [3.63, 3.8) is 0 Å². The van der Waals surface area contributed by atoms with Crippen molar-refractivity contribution in [3.8, 4) is 0 Å². The highest BCUT2D eigenvalue weighted by Crippen LogP contribution is 2.22. The fourth-order valence-corrected chi connectivity index (χ4v) is 4.00. The van der Waals surface area contributed by atoms with E-state index < -0.39 is 5.83 Å². The van der Waals surface area contributed by atoms with Gasteiger partial charge in [0.2, 0.25) is 0 Å². The minimum atomic E-state index is -0.624. The zero-order valence-corrected chi connectivity index (χ0v) is 18.8. The number of H-pyrrole nitrogens is 1. The summed E-state index contributed by atoms with van der Waals surface area (Å²) in [6.45, 7) is 8.51. The summed E-state index contributed by atoms with van der Waals surface area (Å²) in [6, 6.07) is 13.9. The maximum atomic E-state index is 14.9. The molecule has 6 nitrogen and oxygen atoms in total. The number of imidazole rings is 1. The number of halogens is 1. The second kappa shape index (κ2) is 9.81. The summed E-state index contributed by atoms with van der Waals surface area (Å²) in [5.74, 6) is -0.257. The molecule has 2 heterocycles. The van der Waals surface area contributed by atoms with Gasteiger partial charge in [0, 0.05) is 43.9 Å². The fraction of sp³-hybridized carbons (Fsp3) is 0.269. The Morgan fingerprint density at radius 1 is 1.15 bits per heavy atom. The number of aldehydes is 1. The molecule has 170 valence electrons. The molecule has 0 aliphatic carbocycles. The van der Waals surface area contributed by atoms with E-state index in [1.807, 2.05) is 42.5 Å². The Morgan fingerprint density at radius 3 is 2.52 bits per heavy atom. The molecule has 0 unspecified atom stereocenters. The molecule has 0 saturated carbocycles. The summed E-state index contributed by atoms with van der Waals surface area (Å²) in [7, 11) is 0. The van der Waals surface area contributed by atoms with Gasteiger partial charge in [-0.1, -0.05) is 31.7 Å². The van der Waals surface area contributed by atoms with Crippen LogP contribution in [0.4, 0.5) is 10.1 Å². The maximum Gasteiger partial charge on any atom is 0.165 e. The van der Waals surface area contributed by atoms with Crippen LogP contribution < -0.4 is 4.90 Å². The van der Waals surface area contributed by atoms with E-state index in [1.54, 1.807) is 4.90 Å². The smallest absolute Gasteiger partial charge is 0.165 e. The molecule has 1 aromatic heterocycles. The number of benzene rings is 2. The van der Waals surface area contributed by atoms with Crippen LogP contribution in [0.1, 0.15) is 23.9 Å². The number of allylic oxidation sites excluding steroid dienone is 2. The molecule has 1 fully saturated rings. The first-order valence-corrected chi connectivity index (χ1v) is 11.1. The van der Waals surface area contributed by atoms with E-state index >= 15 is 0 Å². The van der Waals surface area contributed by atoms with Crippen LogP contribution in [0.25, 0.3) is 16.6 Å². The van der Waals surface area contributed by atoms with Crippen LogP contribution in [0.2, 0.25) is 0 Å². The molecule has 1 aliphatic heterocycles. The first kappa shape index (κ1) is 22.5. The summed E-state index contributed by atoms with van der Waals surface area (Å²) in [4.78, 5) is 22.3. The summed E-state index contributed by atoms with van der Waals surface area (Å²) in [5.41, 5.74) is 5.35. The predicted molar refractivity (Wildman–Crippen MR) is 131 cm³/mol. The highest BCUT2D eigenvalue weighted by atomic mass is 19.1. The van der Waals surface area contributed by atoms with Crippen LogP contribution in [-0.4, -0.2) is 53.2 Å². The number of anilines is 1. The molecule has 0 radical (unpaired) electrons. The van der Waals surface area contributed by atoms with Gasteiger partial charge in [-0.25, -0.2) is 9.37 Å². The number of hydrogen-bond acceptors (Lipinski definition) is 4. The second-order valence-electron chi connectivity index (χ2n) is 8.17. The Bertz CT molecular complexity index is 1200. The van der Waals surface area contributed by atoms with Crippen molar-refractivity contribution in [2.45, 2.75) is 19.8 Å². The van der Waals surface area contributed by atoms with Crippen molar-refractivity contribution in [2.24, 2.45) is 0 Å². The molecule has 0 spiro atoms. The summed E-state index contributed by atoms with van der Waals surface area (Å²) in [5, 5.41) is 8.31. The average Bonchev–Trinajstić information content (AvgIpc) is 3.28. The Kier molecular flexibility index (Phi) is 6.68. The minimum absolute atomic E-state index is 0.137. The number of amidine groups is 1. The van der Waals surface area contributed by atoms with Crippen LogP contribution >= 0.6 is 0 Å². The Balaban J connectivity index is 1.38. The quantitative estimate of drug-likeness (QED) is 0.242. The highest BCUT2D eigenvalue weighted by Gasteiger charge is 2.22. The third kappa shape index (κ3) is 5.03. The Morgan fingerprint density at radius 2 is 1.85 bits per heavy atom. The minimum Gasteiger partial charge on any atom is -0.368 e. The molecule has 0 bridgehead atoms. The van der Waals surface area contributed by atoms with Gasteiger partial charge in [-0.2, -0.15) is 0 Å². The number of aromatic amines is 1. The third-order valence-electron chi connectivity index (χ3n) is 6.00. The molecule has 0 atom stereocenters. The number of nitrogens with zero attached hydrogens (tertiary/aromatic N) is 3. The molecule has 3 aromatic rings. The third-order valence-corrected chi connectivity index (χ3v) is 6.00. The van der Waals surface area contributed by atoms with Crippen molar-refractivity contribution in [2.75, 3.05) is 31.1 Å². The first-order valence-electron chi connectivity index (χ1n) is 11.1. The van der Waals surface area contributed by atoms with Crippen LogP contribution in [0, 0.1) is 5.41 Å². The lowest BCUT2D eigenvalue weighted by atomic mass is 10.1. The normalized spacial score (nSPS) is 14.5. The summed E-state index contributed by atoms with van der Waals surface area (Å²) in [6.07, 6.45) is 3.51. The Labute approximate surface area is 192 Å². The highest BCUT2D eigenvalue weighted by molar-refractivity contribution is 5.96. The van der Waals surface area contributed by atoms with E-state index in [9.17, 15) is 9.18 Å². The van der Waals surface area contributed by atoms with Crippen molar-refractivity contribution >= 4 is 34.4 Å². The van der Waals surface area contributed by atoms with Crippen LogP contribution in [-0.2, 0) is 17.6 Å². The van der Waals surface area contributed by atoms with Crippen molar-refractivity contribution in [3.05, 3.63) is 77.9 Å². The summed E-state index contributed by atoms with van der Waals surface area (Å²) >= 11 is 0. The number of piperazine rings is 1. The molecule has 2 N–H and O–H groups in total. The lowest BCUT2D eigenvalue weighted by molar-refractivity contribution is -0.107. The lowest BCUT2D eigenvalue weighted by Crippen LogP contribution is -2.48. The Hall–Kier alpha value is -3.74. The lowest BCUT2D eigenvalue weighted by Gasteiger charge is -2.37. The molecule has 4 rings (SSSR count). The molecular weight excluding hydrogens is 417 g/mol. The number of nitrogens with one attached hydrogen (secondary N) is 2. The number of aryl methyl sites for hydroxylation is 1. The largest absolute Gasteiger partial charge is 0.368 e. The molecule has 33 heavy (non-hydrogen) atoms.